The highest BCUT2D eigenvalue weighted by Crippen LogP contribution is 2.35. The van der Waals surface area contributed by atoms with Gasteiger partial charge in [0.2, 0.25) is 0 Å². The van der Waals surface area contributed by atoms with Gasteiger partial charge in [-0.25, -0.2) is 42.8 Å². The van der Waals surface area contributed by atoms with E-state index in [9.17, 15) is 0 Å². The lowest BCUT2D eigenvalue weighted by Gasteiger charge is -2.02. The minimum absolute atomic E-state index is 0.256. The van der Waals surface area contributed by atoms with Gasteiger partial charge >= 0.3 is 0 Å². The number of nitrogens with zero attached hydrogens (tertiary/aromatic N) is 22. The predicted octanol–water partition coefficient (Wildman–Crippen LogP) is 8.92. The summed E-state index contributed by atoms with van der Waals surface area (Å²) in [5, 5.41) is 22.1. The monoisotopic (exact) mass is 1160 g/mol. The van der Waals surface area contributed by atoms with Gasteiger partial charge in [-0.2, -0.15) is 0 Å². The predicted molar refractivity (Wildman–Crippen MR) is 328 cm³/mol. The molecule has 5 aliphatic heterocycles. The van der Waals surface area contributed by atoms with Gasteiger partial charge in [0.15, 0.2) is 0 Å². The van der Waals surface area contributed by atoms with E-state index in [1.807, 2.05) is 212 Å². The standard InChI is InChI=1S/3C11H13N4.2C10H12N5.5C2H6/c1-7-10-6-12-5-4-9(10)11-14(3)13-8(2)15(7)11;1-7-9-4-5-12-6-10(9)11-14(3)13-8(2)15(7)11;1-7-10-9(5-4-6-12-10)11-14(3)13-8(2)15(7)11;1-6-9-8(4-11-5-12-9)10-14(3)13-7(2)15(6)10;1-6-8-4-11-5-12-9(8)10-14(3)13-7(2)15(6)10;5*1-2/h3*4-7H,1-3H3;2*4-6H,1-3H3;5*1-2H3/q5*+1;;;;;. The number of aromatic nitrogens is 22. The fraction of sp³-hybridized carbons (Fsp3) is 0.476. The summed E-state index contributed by atoms with van der Waals surface area (Å²) in [4.78, 5) is 29.6. The number of pyridine rings is 3. The van der Waals surface area contributed by atoms with Crippen molar-refractivity contribution in [1.29, 1.82) is 0 Å². The summed E-state index contributed by atoms with van der Waals surface area (Å²) in [5.74, 6) is 10.8. The first-order valence-electron chi connectivity index (χ1n) is 30.2. The molecule has 0 saturated carbocycles. The lowest BCUT2D eigenvalue weighted by Crippen LogP contribution is -2.38. The second kappa shape index (κ2) is 28.3. The van der Waals surface area contributed by atoms with Gasteiger partial charge in [0, 0.05) is 120 Å². The third-order valence-corrected chi connectivity index (χ3v) is 15.2. The molecule has 22 heteroatoms. The highest BCUT2D eigenvalue weighted by molar-refractivity contribution is 5.62. The van der Waals surface area contributed by atoms with Crippen molar-refractivity contribution in [1.82, 2.24) is 83.8 Å². The molecule has 0 fully saturated rings. The van der Waals surface area contributed by atoms with Crippen molar-refractivity contribution in [2.24, 2.45) is 35.2 Å². The molecule has 0 radical (unpaired) electrons. The SMILES string of the molecule is CC.CC.CC.CC.CC.Cc1nn(C)c2[n+]1C(C)c1ccncc1-2.Cc1nn(C)c2[n+]1C(C)c1cnccc1-2.Cc1nn(C)c2[n+]1C(C)c1cncnc1-2.Cc1nn(C)c2[n+]1C(C)c1ncccc1-2.Cc1nn(C)c2[n+]1C(C)c1ncncc1-2. The van der Waals surface area contributed by atoms with Crippen LogP contribution in [0.2, 0.25) is 0 Å². The van der Waals surface area contributed by atoms with E-state index < -0.39 is 0 Å². The molecule has 0 bridgehead atoms. The molecular formula is C63H93N22+5. The Labute approximate surface area is 503 Å². The third-order valence-electron chi connectivity index (χ3n) is 15.2. The van der Waals surface area contributed by atoms with Crippen LogP contribution in [0.25, 0.3) is 57.1 Å². The van der Waals surface area contributed by atoms with Crippen LogP contribution in [0.4, 0.5) is 0 Å². The van der Waals surface area contributed by atoms with Crippen LogP contribution in [0.15, 0.2) is 80.3 Å². The number of hydrogen-bond acceptors (Lipinski definition) is 12. The Morgan fingerprint density at radius 1 is 0.329 bits per heavy atom. The molecular weight excluding hydrogens is 1060 g/mol. The van der Waals surface area contributed by atoms with E-state index in [1.54, 1.807) is 12.7 Å². The Bertz CT molecular complexity index is 3290. The Kier molecular flexibility index (Phi) is 21.8. The molecule has 85 heavy (non-hydrogen) atoms. The van der Waals surface area contributed by atoms with Crippen molar-refractivity contribution in [2.75, 3.05) is 0 Å². The van der Waals surface area contributed by atoms with Crippen LogP contribution < -0.4 is 22.8 Å². The molecule has 10 aromatic heterocycles. The molecule has 10 aromatic rings. The summed E-state index contributed by atoms with van der Waals surface area (Å²) in [5.41, 5.74) is 11.8. The van der Waals surface area contributed by atoms with Crippen molar-refractivity contribution in [2.45, 2.75) is 169 Å². The van der Waals surface area contributed by atoms with Crippen LogP contribution in [0.3, 0.4) is 0 Å². The maximum absolute atomic E-state index is 4.45. The minimum atomic E-state index is 0.256. The summed E-state index contributed by atoms with van der Waals surface area (Å²) in [6, 6.07) is 9.78. The molecule has 15 heterocycles. The highest BCUT2D eigenvalue weighted by atomic mass is 15.4. The Hall–Kier alpha value is -8.69. The van der Waals surface area contributed by atoms with Crippen LogP contribution in [0.5, 0.6) is 0 Å². The van der Waals surface area contributed by atoms with Gasteiger partial charge in [-0.15, -0.1) is 23.4 Å². The van der Waals surface area contributed by atoms with E-state index in [0.717, 1.165) is 75.1 Å². The van der Waals surface area contributed by atoms with E-state index in [0.29, 0.717) is 18.1 Å². The van der Waals surface area contributed by atoms with Crippen LogP contribution in [0.1, 0.15) is 191 Å². The summed E-state index contributed by atoms with van der Waals surface area (Å²) < 4.78 is 20.7. The normalized spacial score (nSPS) is 15.9. The largest absolute Gasteiger partial charge is 0.287 e. The average molecular weight is 1160 g/mol. The van der Waals surface area contributed by atoms with E-state index >= 15 is 0 Å². The number of hydrogen-bond donors (Lipinski definition) is 0. The van der Waals surface area contributed by atoms with Crippen molar-refractivity contribution in [3.8, 4) is 57.1 Å². The van der Waals surface area contributed by atoms with Crippen molar-refractivity contribution in [3.05, 3.63) is 137 Å². The molecule has 0 amide bonds. The quantitative estimate of drug-likeness (QED) is 0.131. The molecule has 0 saturated heterocycles. The lowest BCUT2D eigenvalue weighted by atomic mass is 10.1. The fourth-order valence-electron chi connectivity index (χ4n) is 12.1. The molecule has 0 aromatic carbocycles. The Balaban J connectivity index is 0.000000164. The smallest absolute Gasteiger partial charge is 0.264 e. The van der Waals surface area contributed by atoms with Gasteiger partial charge in [0.05, 0.1) is 68.9 Å². The zero-order valence-electron chi connectivity index (χ0n) is 55.2. The molecule has 5 atom stereocenters. The molecule has 0 N–H and O–H groups in total. The van der Waals surface area contributed by atoms with Crippen molar-refractivity contribution >= 4 is 0 Å². The van der Waals surface area contributed by atoms with E-state index in [1.165, 1.54) is 39.2 Å². The number of rotatable bonds is 0. The second-order valence-electron chi connectivity index (χ2n) is 19.7. The minimum Gasteiger partial charge on any atom is -0.264 e. The molecule has 15 rings (SSSR count). The van der Waals surface area contributed by atoms with Crippen LogP contribution in [-0.2, 0) is 35.2 Å². The van der Waals surface area contributed by atoms with Gasteiger partial charge in [-0.05, 0) is 58.9 Å². The highest BCUT2D eigenvalue weighted by Gasteiger charge is 2.41. The van der Waals surface area contributed by atoms with Gasteiger partial charge in [0.1, 0.15) is 48.6 Å². The van der Waals surface area contributed by atoms with Crippen LogP contribution >= 0.6 is 0 Å². The first-order valence-corrected chi connectivity index (χ1v) is 30.2. The molecule has 5 aliphatic rings. The third kappa shape index (κ3) is 11.7. The molecule has 450 valence electrons. The summed E-state index contributed by atoms with van der Waals surface area (Å²) in [7, 11) is 9.85. The number of aryl methyl sites for hydroxylation is 10. The van der Waals surface area contributed by atoms with Crippen LogP contribution in [0, 0.1) is 34.6 Å². The zero-order valence-corrected chi connectivity index (χ0v) is 55.2. The van der Waals surface area contributed by atoms with E-state index in [2.05, 4.69) is 136 Å². The zero-order chi connectivity index (χ0) is 62.9. The van der Waals surface area contributed by atoms with Gasteiger partial charge in [-0.1, -0.05) is 69.2 Å². The topological polar surface area (TPSA) is 199 Å². The van der Waals surface area contributed by atoms with Crippen LogP contribution in [-0.4, -0.2) is 83.8 Å². The summed E-state index contributed by atoms with van der Waals surface area (Å²) in [6.07, 6.45) is 16.4. The molecule has 22 nitrogen and oxygen atoms in total. The van der Waals surface area contributed by atoms with Gasteiger partial charge in [0.25, 0.3) is 58.2 Å². The Morgan fingerprint density at radius 2 is 0.694 bits per heavy atom. The van der Waals surface area contributed by atoms with Crippen molar-refractivity contribution in [3.63, 3.8) is 0 Å². The molecule has 5 unspecified atom stereocenters. The fourth-order valence-corrected chi connectivity index (χ4v) is 12.1. The second-order valence-corrected chi connectivity index (χ2v) is 19.7. The van der Waals surface area contributed by atoms with Gasteiger partial charge < -0.3 is 0 Å². The van der Waals surface area contributed by atoms with E-state index in [-0.39, 0.29) is 12.1 Å². The average Bonchev–Trinajstić information content (AvgIpc) is 2.85. The first-order chi connectivity index (χ1) is 41.0. The maximum atomic E-state index is 4.45. The van der Waals surface area contributed by atoms with E-state index in [4.69, 9.17) is 0 Å². The Morgan fingerprint density at radius 3 is 1.24 bits per heavy atom. The van der Waals surface area contributed by atoms with Crippen molar-refractivity contribution < 1.29 is 22.8 Å². The molecule has 0 aliphatic carbocycles. The summed E-state index contributed by atoms with van der Waals surface area (Å²) in [6.45, 7) is 41.0. The number of fused-ring (bicyclic) bond motifs is 15. The van der Waals surface area contributed by atoms with Gasteiger partial charge in [-0.3, -0.25) is 15.0 Å². The maximum Gasteiger partial charge on any atom is 0.287 e. The lowest BCUT2D eigenvalue weighted by molar-refractivity contribution is -0.701. The summed E-state index contributed by atoms with van der Waals surface area (Å²) >= 11 is 0. The molecule has 0 spiro atoms. The first kappa shape index (κ1) is 65.5.